The molecule has 1 aromatic carbocycles. The van der Waals surface area contributed by atoms with E-state index < -0.39 is 0 Å². The Kier molecular flexibility index (Phi) is 4.39. The molecule has 2 heteroatoms. The smallest absolute Gasteiger partial charge is 0.0896 e. The van der Waals surface area contributed by atoms with Gasteiger partial charge in [0.1, 0.15) is 0 Å². The molecule has 1 N–H and O–H groups in total. The molecule has 1 aromatic rings. The van der Waals surface area contributed by atoms with Crippen LogP contribution in [0.2, 0.25) is 0 Å². The standard InChI is InChI=1S/C16H16O2/c1-2-3-7-14-12-16(18-15(14)10-11-17)13-8-5-4-6-9-13/h4-6,8-9,15-17H,1,10-12H2. The molecule has 0 radical (unpaired) electrons. The predicted octanol–water partition coefficient (Wildman–Crippen LogP) is 2.92. The lowest BCUT2D eigenvalue weighted by molar-refractivity contribution is 0.0383. The Morgan fingerprint density at radius 3 is 2.78 bits per heavy atom. The van der Waals surface area contributed by atoms with Crippen LogP contribution in [0.1, 0.15) is 24.5 Å². The molecule has 1 heterocycles. The summed E-state index contributed by atoms with van der Waals surface area (Å²) in [5.41, 5.74) is 10.5. The van der Waals surface area contributed by atoms with Gasteiger partial charge in [0.25, 0.3) is 0 Å². The second-order valence-corrected chi connectivity index (χ2v) is 4.19. The van der Waals surface area contributed by atoms with Gasteiger partial charge in [-0.15, -0.1) is 0 Å². The number of aliphatic hydroxyl groups is 1. The summed E-state index contributed by atoms with van der Waals surface area (Å²) in [5.74, 6) is 0. The normalized spacial score (nSPS) is 22.2. The molecule has 0 aromatic heterocycles. The molecule has 18 heavy (non-hydrogen) atoms. The van der Waals surface area contributed by atoms with Gasteiger partial charge in [0, 0.05) is 25.0 Å². The third kappa shape index (κ3) is 2.91. The minimum Gasteiger partial charge on any atom is -0.396 e. The molecule has 1 saturated heterocycles. The fraction of sp³-hybridized carbons (Fsp3) is 0.312. The third-order valence-corrected chi connectivity index (χ3v) is 3.00. The van der Waals surface area contributed by atoms with Gasteiger partial charge in [-0.25, -0.2) is 0 Å². The molecule has 0 amide bonds. The summed E-state index contributed by atoms with van der Waals surface area (Å²) in [5, 5.41) is 9.06. The predicted molar refractivity (Wildman–Crippen MR) is 70.1 cm³/mol. The molecule has 0 bridgehead atoms. The van der Waals surface area contributed by atoms with E-state index in [1.807, 2.05) is 18.2 Å². The highest BCUT2D eigenvalue weighted by molar-refractivity contribution is 5.24. The summed E-state index contributed by atoms with van der Waals surface area (Å²) < 4.78 is 5.95. The largest absolute Gasteiger partial charge is 0.396 e. The molecular weight excluding hydrogens is 224 g/mol. The van der Waals surface area contributed by atoms with Gasteiger partial charge in [0.2, 0.25) is 0 Å². The summed E-state index contributed by atoms with van der Waals surface area (Å²) >= 11 is 0. The molecule has 1 fully saturated rings. The molecule has 2 nitrogen and oxygen atoms in total. The Morgan fingerprint density at radius 1 is 1.33 bits per heavy atom. The van der Waals surface area contributed by atoms with E-state index in [1.54, 1.807) is 0 Å². The Hall–Kier alpha value is -1.78. The third-order valence-electron chi connectivity index (χ3n) is 3.00. The van der Waals surface area contributed by atoms with E-state index in [0.717, 1.165) is 17.6 Å². The van der Waals surface area contributed by atoms with E-state index in [1.165, 1.54) is 0 Å². The van der Waals surface area contributed by atoms with Crippen molar-refractivity contribution in [3.63, 3.8) is 0 Å². The van der Waals surface area contributed by atoms with Gasteiger partial charge >= 0.3 is 0 Å². The van der Waals surface area contributed by atoms with Crippen molar-refractivity contribution in [1.29, 1.82) is 0 Å². The van der Waals surface area contributed by atoms with E-state index in [4.69, 9.17) is 9.84 Å². The van der Waals surface area contributed by atoms with Crippen LogP contribution < -0.4 is 0 Å². The Balaban J connectivity index is 2.25. The maximum Gasteiger partial charge on any atom is 0.0896 e. The zero-order valence-corrected chi connectivity index (χ0v) is 10.2. The highest BCUT2D eigenvalue weighted by Crippen LogP contribution is 2.37. The molecule has 92 valence electrons. The minimum absolute atomic E-state index is 0.0388. The van der Waals surface area contributed by atoms with Crippen molar-refractivity contribution < 1.29 is 9.84 Å². The van der Waals surface area contributed by atoms with Crippen LogP contribution in [0.4, 0.5) is 0 Å². The summed E-state index contributed by atoms with van der Waals surface area (Å²) in [4.78, 5) is 0. The second-order valence-electron chi connectivity index (χ2n) is 4.19. The molecule has 2 atom stereocenters. The summed E-state index contributed by atoms with van der Waals surface area (Å²) in [7, 11) is 0. The number of ether oxygens (including phenoxy) is 1. The molecule has 2 unspecified atom stereocenters. The zero-order valence-electron chi connectivity index (χ0n) is 10.2. The maximum atomic E-state index is 9.06. The highest BCUT2D eigenvalue weighted by atomic mass is 16.5. The summed E-state index contributed by atoms with van der Waals surface area (Å²) in [6, 6.07) is 10.1. The van der Waals surface area contributed by atoms with Crippen LogP contribution in [0, 0.1) is 0 Å². The Labute approximate surface area is 107 Å². The van der Waals surface area contributed by atoms with E-state index >= 15 is 0 Å². The lowest BCUT2D eigenvalue weighted by Crippen LogP contribution is -2.10. The minimum atomic E-state index is -0.0824. The monoisotopic (exact) mass is 240 g/mol. The second kappa shape index (κ2) is 6.23. The SMILES string of the molecule is C=C=C=C=C1CC(c2ccccc2)OC1CCO. The Bertz CT molecular complexity index is 513. The number of rotatable bonds is 3. The molecule has 0 spiro atoms. The molecule has 0 saturated carbocycles. The molecule has 1 aliphatic rings. The maximum absolute atomic E-state index is 9.06. The quantitative estimate of drug-likeness (QED) is 0.823. The first-order valence-corrected chi connectivity index (χ1v) is 6.05. The van der Waals surface area contributed by atoms with E-state index in [0.29, 0.717) is 6.42 Å². The van der Waals surface area contributed by atoms with Crippen LogP contribution in [-0.4, -0.2) is 17.8 Å². The van der Waals surface area contributed by atoms with Crippen LogP contribution in [0.5, 0.6) is 0 Å². The van der Waals surface area contributed by atoms with E-state index in [-0.39, 0.29) is 18.8 Å². The van der Waals surface area contributed by atoms with Crippen LogP contribution in [0.25, 0.3) is 0 Å². The van der Waals surface area contributed by atoms with Crippen LogP contribution in [0.3, 0.4) is 0 Å². The molecular formula is C16H16O2. The average molecular weight is 240 g/mol. The van der Waals surface area contributed by atoms with Crippen LogP contribution >= 0.6 is 0 Å². The lowest BCUT2D eigenvalue weighted by Gasteiger charge is -2.12. The number of aliphatic hydroxyl groups excluding tert-OH is 1. The van der Waals surface area contributed by atoms with Crippen molar-refractivity contribution in [2.75, 3.05) is 6.61 Å². The molecule has 1 aliphatic heterocycles. The van der Waals surface area contributed by atoms with Crippen molar-refractivity contribution in [1.82, 2.24) is 0 Å². The van der Waals surface area contributed by atoms with Gasteiger partial charge in [-0.3, -0.25) is 0 Å². The van der Waals surface area contributed by atoms with E-state index in [9.17, 15) is 0 Å². The molecule has 2 rings (SSSR count). The van der Waals surface area contributed by atoms with E-state index in [2.05, 4.69) is 35.9 Å². The van der Waals surface area contributed by atoms with Gasteiger partial charge in [-0.2, -0.15) is 0 Å². The van der Waals surface area contributed by atoms with Gasteiger partial charge in [-0.1, -0.05) is 41.8 Å². The first-order chi connectivity index (χ1) is 8.85. The van der Waals surface area contributed by atoms with Gasteiger partial charge in [0.15, 0.2) is 0 Å². The number of hydrogen-bond donors (Lipinski definition) is 1. The number of benzene rings is 1. The fourth-order valence-electron chi connectivity index (χ4n) is 2.14. The van der Waals surface area contributed by atoms with Crippen LogP contribution in [-0.2, 0) is 4.74 Å². The van der Waals surface area contributed by atoms with Crippen molar-refractivity contribution in [2.24, 2.45) is 0 Å². The van der Waals surface area contributed by atoms with Crippen molar-refractivity contribution in [3.8, 4) is 0 Å². The topological polar surface area (TPSA) is 29.5 Å². The lowest BCUT2D eigenvalue weighted by atomic mass is 10.0. The highest BCUT2D eigenvalue weighted by Gasteiger charge is 2.30. The average Bonchev–Trinajstić information content (AvgIpc) is 2.81. The first-order valence-electron chi connectivity index (χ1n) is 6.05. The van der Waals surface area contributed by atoms with Crippen molar-refractivity contribution in [2.45, 2.75) is 25.0 Å². The zero-order chi connectivity index (χ0) is 12.8. The van der Waals surface area contributed by atoms with Gasteiger partial charge in [0.05, 0.1) is 12.2 Å². The molecule has 0 aliphatic carbocycles. The van der Waals surface area contributed by atoms with Crippen LogP contribution in [0.15, 0.2) is 59.7 Å². The van der Waals surface area contributed by atoms with Gasteiger partial charge < -0.3 is 9.84 Å². The first kappa shape index (κ1) is 12.7. The number of hydrogen-bond acceptors (Lipinski definition) is 2. The Morgan fingerprint density at radius 2 is 2.11 bits per heavy atom. The van der Waals surface area contributed by atoms with Crippen molar-refractivity contribution in [3.05, 3.63) is 65.2 Å². The van der Waals surface area contributed by atoms with Crippen molar-refractivity contribution >= 4 is 0 Å². The van der Waals surface area contributed by atoms with Gasteiger partial charge in [-0.05, 0) is 17.9 Å². The summed E-state index contributed by atoms with van der Waals surface area (Å²) in [6.45, 7) is 3.57. The summed E-state index contributed by atoms with van der Waals surface area (Å²) in [6.07, 6.45) is 1.33. The fourth-order valence-corrected chi connectivity index (χ4v) is 2.14.